The molecule has 2 N–H and O–H groups in total. The van der Waals surface area contributed by atoms with Gasteiger partial charge >= 0.3 is 0 Å². The van der Waals surface area contributed by atoms with Crippen molar-refractivity contribution in [2.45, 2.75) is 31.4 Å². The van der Waals surface area contributed by atoms with Crippen LogP contribution in [0.2, 0.25) is 0 Å². The number of rotatable bonds is 4. The van der Waals surface area contributed by atoms with Gasteiger partial charge in [0.05, 0.1) is 31.5 Å². The summed E-state index contributed by atoms with van der Waals surface area (Å²) >= 11 is 0. The first kappa shape index (κ1) is 16.4. The lowest BCUT2D eigenvalue weighted by atomic mass is 9.99. The Morgan fingerprint density at radius 3 is 2.78 bits per heavy atom. The number of carbonyl (C=O) groups excluding carboxylic acids is 1. The molecule has 3 rings (SSSR count). The first-order valence-electron chi connectivity index (χ1n) is 8.51. The van der Waals surface area contributed by atoms with E-state index >= 15 is 0 Å². The van der Waals surface area contributed by atoms with E-state index in [1.165, 1.54) is 19.3 Å². The summed E-state index contributed by atoms with van der Waals surface area (Å²) in [6, 6.07) is -0.101. The summed E-state index contributed by atoms with van der Waals surface area (Å²) in [7, 11) is 1.89. The molecule has 2 aliphatic rings. The number of aryl methyl sites for hydroxylation is 1. The van der Waals surface area contributed by atoms with Crippen LogP contribution in [0.15, 0.2) is 12.4 Å². The molecule has 2 atom stereocenters. The minimum atomic E-state index is -0.101. The molecule has 1 aromatic heterocycles. The molecule has 128 valence electrons. The smallest absolute Gasteiger partial charge is 0.236 e. The number of hydrogen-bond donors (Lipinski definition) is 1. The molecule has 2 saturated heterocycles. The molecule has 0 saturated carbocycles. The quantitative estimate of drug-likeness (QED) is 0.853. The number of piperidine rings is 1. The SMILES string of the molecule is Cn1cc([C@H]2[C@H](CN3CCCCC3)OCCN2C(=O)CN)cn1. The van der Waals surface area contributed by atoms with Crippen LogP contribution in [0.5, 0.6) is 0 Å². The minimum absolute atomic E-state index is 0.0224. The van der Waals surface area contributed by atoms with E-state index in [2.05, 4.69) is 10.00 Å². The van der Waals surface area contributed by atoms with Crippen molar-refractivity contribution < 1.29 is 9.53 Å². The largest absolute Gasteiger partial charge is 0.373 e. The van der Waals surface area contributed by atoms with E-state index in [-0.39, 0.29) is 24.6 Å². The number of nitrogens with two attached hydrogens (primary N) is 1. The van der Waals surface area contributed by atoms with Crippen LogP contribution in [0.25, 0.3) is 0 Å². The van der Waals surface area contributed by atoms with Crippen molar-refractivity contribution in [1.82, 2.24) is 19.6 Å². The monoisotopic (exact) mass is 321 g/mol. The highest BCUT2D eigenvalue weighted by atomic mass is 16.5. The first-order chi connectivity index (χ1) is 11.2. The molecule has 7 heteroatoms. The maximum Gasteiger partial charge on any atom is 0.236 e. The standard InChI is InChI=1S/C16H27N5O2/c1-19-11-13(10-18-19)16-14(12-20-5-3-2-4-6-20)23-8-7-21(16)15(22)9-17/h10-11,14,16H,2-9,12,17H2,1H3/t14-,16-/m0/s1. The summed E-state index contributed by atoms with van der Waals surface area (Å²) in [6.07, 6.45) is 7.58. The zero-order chi connectivity index (χ0) is 16.2. The summed E-state index contributed by atoms with van der Waals surface area (Å²) in [5.74, 6) is -0.0224. The predicted molar refractivity (Wildman–Crippen MR) is 86.7 cm³/mol. The zero-order valence-corrected chi connectivity index (χ0v) is 13.9. The Hall–Kier alpha value is -1.44. The summed E-state index contributed by atoms with van der Waals surface area (Å²) in [6.45, 7) is 4.28. The van der Waals surface area contributed by atoms with Crippen molar-refractivity contribution in [3.05, 3.63) is 18.0 Å². The molecule has 0 bridgehead atoms. The van der Waals surface area contributed by atoms with E-state index in [0.717, 1.165) is 25.2 Å². The van der Waals surface area contributed by atoms with Crippen LogP contribution in [0.3, 0.4) is 0 Å². The second-order valence-electron chi connectivity index (χ2n) is 6.45. The van der Waals surface area contributed by atoms with Gasteiger partial charge in [-0.05, 0) is 25.9 Å². The molecule has 0 unspecified atom stereocenters. The normalized spacial score (nSPS) is 26.4. The van der Waals surface area contributed by atoms with Gasteiger partial charge in [0.15, 0.2) is 0 Å². The predicted octanol–water partition coefficient (Wildman–Crippen LogP) is 0.133. The number of nitrogens with zero attached hydrogens (tertiary/aromatic N) is 4. The van der Waals surface area contributed by atoms with Crippen molar-refractivity contribution in [3.8, 4) is 0 Å². The summed E-state index contributed by atoms with van der Waals surface area (Å²) in [5, 5.41) is 4.27. The van der Waals surface area contributed by atoms with Crippen LogP contribution < -0.4 is 5.73 Å². The number of carbonyl (C=O) groups is 1. The molecule has 0 radical (unpaired) electrons. The van der Waals surface area contributed by atoms with Crippen molar-refractivity contribution in [3.63, 3.8) is 0 Å². The number of hydrogen-bond acceptors (Lipinski definition) is 5. The van der Waals surface area contributed by atoms with Crippen molar-refractivity contribution in [2.24, 2.45) is 12.8 Å². The molecule has 0 aromatic carbocycles. The highest BCUT2D eigenvalue weighted by molar-refractivity contribution is 5.78. The molecule has 2 aliphatic heterocycles. The van der Waals surface area contributed by atoms with Gasteiger partial charge in [0.25, 0.3) is 0 Å². The van der Waals surface area contributed by atoms with Crippen molar-refractivity contribution in [1.29, 1.82) is 0 Å². The van der Waals surface area contributed by atoms with E-state index < -0.39 is 0 Å². The van der Waals surface area contributed by atoms with Gasteiger partial charge in [-0.2, -0.15) is 5.10 Å². The molecule has 1 amide bonds. The fraction of sp³-hybridized carbons (Fsp3) is 0.750. The minimum Gasteiger partial charge on any atom is -0.373 e. The van der Waals surface area contributed by atoms with Gasteiger partial charge in [-0.15, -0.1) is 0 Å². The second kappa shape index (κ2) is 7.42. The topological polar surface area (TPSA) is 76.6 Å². The lowest BCUT2D eigenvalue weighted by Crippen LogP contribution is -2.53. The number of morpholine rings is 1. The number of aromatic nitrogens is 2. The van der Waals surface area contributed by atoms with Gasteiger partial charge < -0.3 is 20.3 Å². The number of ether oxygens (including phenoxy) is 1. The zero-order valence-electron chi connectivity index (χ0n) is 13.9. The van der Waals surface area contributed by atoms with Gasteiger partial charge in [0, 0.05) is 31.9 Å². The van der Waals surface area contributed by atoms with E-state index in [1.807, 2.05) is 24.3 Å². The number of amides is 1. The average molecular weight is 321 g/mol. The summed E-state index contributed by atoms with van der Waals surface area (Å²) in [5.41, 5.74) is 6.64. The maximum atomic E-state index is 12.3. The van der Waals surface area contributed by atoms with Gasteiger partial charge in [-0.3, -0.25) is 9.48 Å². The first-order valence-corrected chi connectivity index (χ1v) is 8.51. The van der Waals surface area contributed by atoms with Gasteiger partial charge in [0.2, 0.25) is 5.91 Å². The Balaban J connectivity index is 1.81. The van der Waals surface area contributed by atoms with E-state index in [9.17, 15) is 4.79 Å². The summed E-state index contributed by atoms with van der Waals surface area (Å²) < 4.78 is 7.84. The van der Waals surface area contributed by atoms with E-state index in [4.69, 9.17) is 10.5 Å². The Kier molecular flexibility index (Phi) is 5.30. The van der Waals surface area contributed by atoms with Crippen molar-refractivity contribution in [2.75, 3.05) is 39.3 Å². The molecule has 3 heterocycles. The highest BCUT2D eigenvalue weighted by Gasteiger charge is 2.37. The van der Waals surface area contributed by atoms with Crippen LogP contribution in [0.4, 0.5) is 0 Å². The number of likely N-dealkylation sites (tertiary alicyclic amines) is 1. The molecule has 23 heavy (non-hydrogen) atoms. The second-order valence-corrected chi connectivity index (χ2v) is 6.45. The van der Waals surface area contributed by atoms with Crippen LogP contribution in [-0.4, -0.2) is 70.9 Å². The fourth-order valence-corrected chi connectivity index (χ4v) is 3.67. The Labute approximate surface area is 137 Å². The van der Waals surface area contributed by atoms with Gasteiger partial charge in [-0.1, -0.05) is 6.42 Å². The fourth-order valence-electron chi connectivity index (χ4n) is 3.67. The molecule has 0 spiro atoms. The molecule has 0 aliphatic carbocycles. The summed E-state index contributed by atoms with van der Waals surface area (Å²) in [4.78, 5) is 16.6. The van der Waals surface area contributed by atoms with E-state index in [0.29, 0.717) is 13.2 Å². The van der Waals surface area contributed by atoms with Crippen LogP contribution in [0.1, 0.15) is 30.9 Å². The average Bonchev–Trinajstić information content (AvgIpc) is 3.01. The molecular formula is C16H27N5O2. The Morgan fingerprint density at radius 2 is 2.13 bits per heavy atom. The third-order valence-corrected chi connectivity index (χ3v) is 4.80. The van der Waals surface area contributed by atoms with E-state index in [1.54, 1.807) is 4.68 Å². The lowest BCUT2D eigenvalue weighted by molar-refractivity contribution is -0.147. The molecule has 2 fully saturated rings. The van der Waals surface area contributed by atoms with Gasteiger partial charge in [-0.25, -0.2) is 0 Å². The van der Waals surface area contributed by atoms with Gasteiger partial charge in [0.1, 0.15) is 0 Å². The third-order valence-electron chi connectivity index (χ3n) is 4.80. The highest BCUT2D eigenvalue weighted by Crippen LogP contribution is 2.30. The Bertz CT molecular complexity index is 526. The molecule has 1 aromatic rings. The Morgan fingerprint density at radius 1 is 1.35 bits per heavy atom. The van der Waals surface area contributed by atoms with Crippen LogP contribution in [0, 0.1) is 0 Å². The van der Waals surface area contributed by atoms with Crippen LogP contribution in [-0.2, 0) is 16.6 Å². The van der Waals surface area contributed by atoms with Crippen molar-refractivity contribution >= 4 is 5.91 Å². The molecular weight excluding hydrogens is 294 g/mol. The van der Waals surface area contributed by atoms with Crippen LogP contribution >= 0.6 is 0 Å². The maximum absolute atomic E-state index is 12.3. The lowest BCUT2D eigenvalue weighted by Gasteiger charge is -2.43. The third kappa shape index (κ3) is 3.73. The molecule has 7 nitrogen and oxygen atoms in total.